The van der Waals surface area contributed by atoms with Crippen LogP contribution in [0.1, 0.15) is 11.3 Å². The number of aromatic nitrogens is 2. The van der Waals surface area contributed by atoms with Gasteiger partial charge in [-0.25, -0.2) is 9.97 Å². The molecular weight excluding hydrogens is 140 g/mol. The second-order valence-electron chi connectivity index (χ2n) is 2.42. The normalized spacial score (nSPS) is 14.5. The third kappa shape index (κ3) is 1.07. The van der Waals surface area contributed by atoms with Gasteiger partial charge < -0.3 is 5.73 Å². The van der Waals surface area contributed by atoms with Crippen molar-refractivity contribution in [3.05, 3.63) is 17.5 Å². The van der Waals surface area contributed by atoms with E-state index in [-0.39, 0.29) is 0 Å². The summed E-state index contributed by atoms with van der Waals surface area (Å²) in [4.78, 5) is 12.1. The Morgan fingerprint density at radius 2 is 2.36 bits per heavy atom. The first kappa shape index (κ1) is 6.27. The average Bonchev–Trinajstić information content (AvgIpc) is 2.04. The zero-order chi connectivity index (χ0) is 7.68. The maximum atomic E-state index is 5.42. The first-order valence-corrected chi connectivity index (χ1v) is 3.47. The molecule has 2 heterocycles. The second-order valence-corrected chi connectivity index (χ2v) is 2.42. The Morgan fingerprint density at radius 3 is 3.27 bits per heavy atom. The maximum Gasteiger partial charge on any atom is 0.220 e. The number of hydrogen-bond acceptors (Lipinski definition) is 4. The van der Waals surface area contributed by atoms with E-state index in [0.29, 0.717) is 5.95 Å². The van der Waals surface area contributed by atoms with Crippen LogP contribution in [0.2, 0.25) is 0 Å². The fourth-order valence-corrected chi connectivity index (χ4v) is 1.08. The molecule has 0 fully saturated rings. The summed E-state index contributed by atoms with van der Waals surface area (Å²) in [5.74, 6) is 0.346. The largest absolute Gasteiger partial charge is 0.368 e. The van der Waals surface area contributed by atoms with E-state index in [9.17, 15) is 0 Å². The Balaban J connectivity index is 2.53. The molecule has 1 aromatic heterocycles. The van der Waals surface area contributed by atoms with E-state index in [1.54, 1.807) is 12.4 Å². The van der Waals surface area contributed by atoms with Gasteiger partial charge in [0, 0.05) is 30.9 Å². The third-order valence-corrected chi connectivity index (χ3v) is 1.63. The van der Waals surface area contributed by atoms with Crippen LogP contribution >= 0.6 is 0 Å². The SMILES string of the molecule is Nc1ncc2c(n1)CCN=C2. The van der Waals surface area contributed by atoms with Crippen LogP contribution in [0, 0.1) is 0 Å². The predicted molar refractivity (Wildman–Crippen MR) is 42.6 cm³/mol. The van der Waals surface area contributed by atoms with Crippen molar-refractivity contribution < 1.29 is 0 Å². The molecule has 0 radical (unpaired) electrons. The van der Waals surface area contributed by atoms with Crippen molar-refractivity contribution >= 4 is 12.2 Å². The molecule has 0 aliphatic carbocycles. The van der Waals surface area contributed by atoms with Crippen LogP contribution in [0.15, 0.2) is 11.2 Å². The van der Waals surface area contributed by atoms with Crippen molar-refractivity contribution in [1.82, 2.24) is 9.97 Å². The van der Waals surface area contributed by atoms with Gasteiger partial charge >= 0.3 is 0 Å². The zero-order valence-electron chi connectivity index (χ0n) is 5.99. The first-order chi connectivity index (χ1) is 5.36. The Hall–Kier alpha value is -1.45. The van der Waals surface area contributed by atoms with Crippen molar-refractivity contribution in [3.63, 3.8) is 0 Å². The Labute approximate surface area is 64.2 Å². The minimum absolute atomic E-state index is 0.346. The lowest BCUT2D eigenvalue weighted by Crippen LogP contribution is -2.08. The number of nitrogens with zero attached hydrogens (tertiary/aromatic N) is 3. The van der Waals surface area contributed by atoms with E-state index in [2.05, 4.69) is 15.0 Å². The maximum absolute atomic E-state index is 5.42. The zero-order valence-corrected chi connectivity index (χ0v) is 5.99. The van der Waals surface area contributed by atoms with Gasteiger partial charge in [0.15, 0.2) is 0 Å². The molecule has 1 aliphatic rings. The summed E-state index contributed by atoms with van der Waals surface area (Å²) >= 11 is 0. The van der Waals surface area contributed by atoms with Gasteiger partial charge in [-0.05, 0) is 0 Å². The molecule has 4 heteroatoms. The van der Waals surface area contributed by atoms with Gasteiger partial charge in [0.1, 0.15) is 0 Å². The minimum Gasteiger partial charge on any atom is -0.368 e. The molecule has 11 heavy (non-hydrogen) atoms. The van der Waals surface area contributed by atoms with Gasteiger partial charge in [0.05, 0.1) is 5.69 Å². The molecule has 0 saturated carbocycles. The molecule has 0 aromatic carbocycles. The Bertz CT molecular complexity index is 305. The highest BCUT2D eigenvalue weighted by atomic mass is 15.0. The highest BCUT2D eigenvalue weighted by Crippen LogP contribution is 2.08. The van der Waals surface area contributed by atoms with Crippen molar-refractivity contribution in [2.75, 3.05) is 12.3 Å². The van der Waals surface area contributed by atoms with Gasteiger partial charge in [0.25, 0.3) is 0 Å². The van der Waals surface area contributed by atoms with Crippen molar-refractivity contribution in [2.24, 2.45) is 4.99 Å². The van der Waals surface area contributed by atoms with Gasteiger partial charge in [-0.1, -0.05) is 0 Å². The van der Waals surface area contributed by atoms with Gasteiger partial charge in [0.2, 0.25) is 5.95 Å². The number of aliphatic imine (C=N–C) groups is 1. The summed E-state index contributed by atoms with van der Waals surface area (Å²) in [6.07, 6.45) is 4.37. The fraction of sp³-hybridized carbons (Fsp3) is 0.286. The lowest BCUT2D eigenvalue weighted by molar-refractivity contribution is 0.896. The molecule has 2 N–H and O–H groups in total. The fourth-order valence-electron chi connectivity index (χ4n) is 1.08. The van der Waals surface area contributed by atoms with Crippen molar-refractivity contribution in [3.8, 4) is 0 Å². The first-order valence-electron chi connectivity index (χ1n) is 3.47. The molecule has 0 unspecified atom stereocenters. The van der Waals surface area contributed by atoms with Gasteiger partial charge in [-0.3, -0.25) is 4.99 Å². The summed E-state index contributed by atoms with van der Waals surface area (Å²) in [6, 6.07) is 0. The van der Waals surface area contributed by atoms with Crippen LogP contribution in [0.25, 0.3) is 0 Å². The van der Waals surface area contributed by atoms with Crippen LogP contribution in [0.4, 0.5) is 5.95 Å². The molecule has 0 amide bonds. The Kier molecular flexibility index (Phi) is 1.31. The quantitative estimate of drug-likeness (QED) is 0.564. The lowest BCUT2D eigenvalue weighted by atomic mass is 10.1. The number of rotatable bonds is 0. The number of fused-ring (bicyclic) bond motifs is 1. The summed E-state index contributed by atoms with van der Waals surface area (Å²) in [7, 11) is 0. The number of nitrogen functional groups attached to an aromatic ring is 1. The van der Waals surface area contributed by atoms with Gasteiger partial charge in [-0.2, -0.15) is 0 Å². The van der Waals surface area contributed by atoms with E-state index in [1.165, 1.54) is 0 Å². The summed E-state index contributed by atoms with van der Waals surface area (Å²) in [6.45, 7) is 0.809. The summed E-state index contributed by atoms with van der Waals surface area (Å²) in [5, 5.41) is 0. The van der Waals surface area contributed by atoms with E-state index < -0.39 is 0 Å². The van der Waals surface area contributed by atoms with Crippen LogP contribution in [-0.4, -0.2) is 22.7 Å². The molecular formula is C7H8N4. The highest BCUT2D eigenvalue weighted by Gasteiger charge is 2.06. The molecule has 0 bridgehead atoms. The molecule has 4 nitrogen and oxygen atoms in total. The number of nitrogens with two attached hydrogens (primary N) is 1. The highest BCUT2D eigenvalue weighted by molar-refractivity contribution is 5.81. The smallest absolute Gasteiger partial charge is 0.220 e. The molecule has 2 rings (SSSR count). The Morgan fingerprint density at radius 1 is 1.45 bits per heavy atom. The third-order valence-electron chi connectivity index (χ3n) is 1.63. The summed E-state index contributed by atoms with van der Waals surface area (Å²) in [5.41, 5.74) is 7.41. The van der Waals surface area contributed by atoms with E-state index >= 15 is 0 Å². The van der Waals surface area contributed by atoms with E-state index in [0.717, 1.165) is 24.2 Å². The molecule has 0 spiro atoms. The predicted octanol–water partition coefficient (Wildman–Crippen LogP) is 0.0338. The van der Waals surface area contributed by atoms with Crippen molar-refractivity contribution in [2.45, 2.75) is 6.42 Å². The number of hydrogen-bond donors (Lipinski definition) is 1. The standard InChI is InChI=1S/C7H8N4/c8-7-10-4-5-3-9-2-1-6(5)11-7/h3-4H,1-2H2,(H2,8,10,11). The topological polar surface area (TPSA) is 64.2 Å². The van der Waals surface area contributed by atoms with Crippen LogP contribution in [-0.2, 0) is 6.42 Å². The number of anilines is 1. The molecule has 0 saturated heterocycles. The van der Waals surface area contributed by atoms with E-state index in [4.69, 9.17) is 5.73 Å². The monoisotopic (exact) mass is 148 g/mol. The second kappa shape index (κ2) is 2.30. The van der Waals surface area contributed by atoms with Crippen LogP contribution in [0.3, 0.4) is 0 Å². The van der Waals surface area contributed by atoms with Gasteiger partial charge in [-0.15, -0.1) is 0 Å². The minimum atomic E-state index is 0.346. The molecule has 1 aliphatic heterocycles. The van der Waals surface area contributed by atoms with Crippen LogP contribution in [0.5, 0.6) is 0 Å². The average molecular weight is 148 g/mol. The molecule has 1 aromatic rings. The van der Waals surface area contributed by atoms with Crippen molar-refractivity contribution in [1.29, 1.82) is 0 Å². The van der Waals surface area contributed by atoms with Crippen LogP contribution < -0.4 is 5.73 Å². The molecule has 0 atom stereocenters. The molecule has 56 valence electrons. The summed E-state index contributed by atoms with van der Waals surface area (Å²) < 4.78 is 0. The van der Waals surface area contributed by atoms with E-state index in [1.807, 2.05) is 0 Å². The lowest BCUT2D eigenvalue weighted by Gasteiger charge is -2.07.